The van der Waals surface area contributed by atoms with Crippen molar-refractivity contribution < 1.29 is 28.6 Å². The van der Waals surface area contributed by atoms with Gasteiger partial charge in [-0.1, -0.05) is 36.4 Å². The number of aliphatic hydroxyl groups is 1. The predicted molar refractivity (Wildman–Crippen MR) is 137 cm³/mol. The van der Waals surface area contributed by atoms with Crippen molar-refractivity contribution in [3.05, 3.63) is 59.3 Å². The molecule has 0 aliphatic carbocycles. The number of hydrogen-bond donors (Lipinski definition) is 4. The number of aromatic nitrogens is 1. The first kappa shape index (κ1) is 28.5. The zero-order chi connectivity index (χ0) is 26.6. The number of unbranched alkanes of at least 4 members (excludes halogenated alkanes) is 1. The minimum atomic E-state index is -2.45. The number of amides is 1. The predicted octanol–water partition coefficient (Wildman–Crippen LogP) is 3.41. The molecule has 0 saturated carbocycles. The Bertz CT molecular complexity index is 1010. The van der Waals surface area contributed by atoms with Crippen LogP contribution in [0.1, 0.15) is 55.0 Å². The number of nitrogens with zero attached hydrogens (tertiary/aromatic N) is 2. The Morgan fingerprint density at radius 1 is 1.05 bits per heavy atom. The van der Waals surface area contributed by atoms with Crippen LogP contribution in [-0.4, -0.2) is 70.6 Å². The number of benzene rings is 1. The summed E-state index contributed by atoms with van der Waals surface area (Å²) in [5, 5.41) is 25.5. The van der Waals surface area contributed by atoms with Crippen molar-refractivity contribution in [2.24, 2.45) is 0 Å². The van der Waals surface area contributed by atoms with Crippen LogP contribution < -0.4 is 10.6 Å². The molecule has 0 fully saturated rings. The molecule has 0 spiro atoms. The summed E-state index contributed by atoms with van der Waals surface area (Å²) in [6.45, 7) is 1.81. The van der Waals surface area contributed by atoms with E-state index in [1.807, 2.05) is 11.0 Å². The van der Waals surface area contributed by atoms with Gasteiger partial charge in [-0.2, -0.15) is 0 Å². The number of fused-ring (bicyclic) bond motifs is 1. The van der Waals surface area contributed by atoms with Gasteiger partial charge in [0.25, 0.3) is 5.91 Å². The van der Waals surface area contributed by atoms with E-state index in [0.717, 1.165) is 50.2 Å². The van der Waals surface area contributed by atoms with Crippen molar-refractivity contribution in [3.8, 4) is 0 Å². The van der Waals surface area contributed by atoms with Crippen LogP contribution in [0.4, 0.5) is 14.6 Å². The fourth-order valence-corrected chi connectivity index (χ4v) is 4.37. The van der Waals surface area contributed by atoms with Gasteiger partial charge in [0.2, 0.25) is 6.43 Å². The molecular weight excluding hydrogens is 482 g/mol. The first-order chi connectivity index (χ1) is 17.8. The fraction of sp³-hybridized carbons (Fsp3) is 0.519. The minimum Gasteiger partial charge on any atom is -0.480 e. The molecule has 2 aromatic rings. The summed E-state index contributed by atoms with van der Waals surface area (Å²) in [6, 6.07) is 11.1. The van der Waals surface area contributed by atoms with E-state index in [2.05, 4.69) is 21.7 Å². The lowest BCUT2D eigenvalue weighted by Gasteiger charge is -2.25. The average Bonchev–Trinajstić information content (AvgIpc) is 2.90. The van der Waals surface area contributed by atoms with E-state index in [1.54, 1.807) is 30.3 Å². The van der Waals surface area contributed by atoms with Crippen LogP contribution >= 0.6 is 0 Å². The van der Waals surface area contributed by atoms with Gasteiger partial charge in [-0.25, -0.2) is 18.6 Å². The van der Waals surface area contributed by atoms with Crippen molar-refractivity contribution in [2.75, 3.05) is 31.5 Å². The highest BCUT2D eigenvalue weighted by Crippen LogP contribution is 2.20. The Kier molecular flexibility index (Phi) is 11.2. The van der Waals surface area contributed by atoms with Crippen LogP contribution in [0.5, 0.6) is 0 Å². The van der Waals surface area contributed by atoms with Crippen LogP contribution in [0.15, 0.2) is 42.5 Å². The number of rotatable bonds is 15. The number of alkyl halides is 2. The zero-order valence-corrected chi connectivity index (χ0v) is 20.9. The van der Waals surface area contributed by atoms with Gasteiger partial charge >= 0.3 is 5.97 Å². The maximum absolute atomic E-state index is 12.9. The number of carbonyl (C=O) groups excluding carboxylic acids is 1. The summed E-state index contributed by atoms with van der Waals surface area (Å²) in [6.07, 6.45) is 0.226. The molecule has 1 aromatic carbocycles. The van der Waals surface area contributed by atoms with Gasteiger partial charge in [-0.15, -0.1) is 0 Å². The largest absolute Gasteiger partial charge is 0.480 e. The number of anilines is 1. The summed E-state index contributed by atoms with van der Waals surface area (Å²) in [7, 11) is 0. The Balaban J connectivity index is 1.49. The second-order valence-corrected chi connectivity index (χ2v) is 9.32. The van der Waals surface area contributed by atoms with E-state index in [1.165, 1.54) is 5.56 Å². The van der Waals surface area contributed by atoms with Gasteiger partial charge < -0.3 is 25.7 Å². The fourth-order valence-electron chi connectivity index (χ4n) is 4.37. The molecular formula is C27H36F2N4O4. The molecule has 0 unspecified atom stereocenters. The molecule has 0 radical (unpaired) electrons. The number of aliphatic hydroxyl groups excluding tert-OH is 1. The van der Waals surface area contributed by atoms with Gasteiger partial charge in [0.05, 0.1) is 0 Å². The molecule has 1 aliphatic rings. The van der Waals surface area contributed by atoms with Crippen molar-refractivity contribution >= 4 is 17.7 Å². The summed E-state index contributed by atoms with van der Waals surface area (Å²) in [5.74, 6) is -1.11. The second kappa shape index (κ2) is 14.6. The third-order valence-electron chi connectivity index (χ3n) is 6.48. The number of hydrogen-bond acceptors (Lipinski definition) is 6. The van der Waals surface area contributed by atoms with Gasteiger partial charge in [-0.05, 0) is 62.3 Å². The van der Waals surface area contributed by atoms with Gasteiger partial charge in [-0.3, -0.25) is 4.79 Å². The van der Waals surface area contributed by atoms with E-state index in [-0.39, 0.29) is 25.9 Å². The molecule has 0 saturated heterocycles. The van der Waals surface area contributed by atoms with Crippen LogP contribution in [0.25, 0.3) is 0 Å². The number of aryl methyl sites for hydroxylation is 2. The Morgan fingerprint density at radius 3 is 2.54 bits per heavy atom. The Labute approximate surface area is 216 Å². The molecule has 4 N–H and O–H groups in total. The van der Waals surface area contributed by atoms with Gasteiger partial charge in [0, 0.05) is 31.7 Å². The number of carbonyl (C=O) groups is 2. The molecule has 1 amide bonds. The van der Waals surface area contributed by atoms with Gasteiger partial charge in [0.15, 0.2) is 6.10 Å². The van der Waals surface area contributed by atoms with E-state index < -0.39 is 30.4 Å². The third-order valence-corrected chi connectivity index (χ3v) is 6.48. The molecule has 2 atom stereocenters. The quantitative estimate of drug-likeness (QED) is 0.267. The van der Waals surface area contributed by atoms with E-state index in [0.29, 0.717) is 12.1 Å². The first-order valence-corrected chi connectivity index (χ1v) is 12.8. The molecule has 202 valence electrons. The average molecular weight is 519 g/mol. The highest BCUT2D eigenvalue weighted by Gasteiger charge is 2.25. The lowest BCUT2D eigenvalue weighted by molar-refractivity contribution is -0.143. The molecule has 10 heteroatoms. The third kappa shape index (κ3) is 9.36. The van der Waals surface area contributed by atoms with Crippen molar-refractivity contribution in [1.82, 2.24) is 15.2 Å². The number of pyridine rings is 1. The SMILES string of the molecule is O=C(O)[C@H](CCN(CCCCc1ccc2c(n1)NCCC2)CCC(F)F)NC(=O)[C@@H](O)c1ccccc1. The molecule has 0 bridgehead atoms. The highest BCUT2D eigenvalue weighted by molar-refractivity contribution is 5.86. The lowest BCUT2D eigenvalue weighted by atomic mass is 10.1. The molecule has 2 heterocycles. The number of carboxylic acid groups (broad SMARTS) is 1. The molecule has 1 aromatic heterocycles. The smallest absolute Gasteiger partial charge is 0.326 e. The maximum atomic E-state index is 12.9. The van der Waals surface area contributed by atoms with Crippen molar-refractivity contribution in [2.45, 2.75) is 63.5 Å². The normalized spacial score (nSPS) is 14.6. The topological polar surface area (TPSA) is 115 Å². The standard InChI is InChI=1S/C27H36F2N4O4/c28-23(29)14-18-33(16-5-4-10-21-12-11-20-9-6-15-30-25(20)31-21)17-13-22(27(36)37)32-26(35)24(34)19-7-2-1-3-8-19/h1-3,7-8,11-12,22-24,34H,4-6,9-10,13-18H2,(H,30,31)(H,32,35)(H,36,37)/t22-,24-/m0/s1. The van der Waals surface area contributed by atoms with Crippen molar-refractivity contribution in [3.63, 3.8) is 0 Å². The monoisotopic (exact) mass is 518 g/mol. The number of carboxylic acids is 1. The second-order valence-electron chi connectivity index (χ2n) is 9.32. The maximum Gasteiger partial charge on any atom is 0.326 e. The summed E-state index contributed by atoms with van der Waals surface area (Å²) in [4.78, 5) is 30.6. The van der Waals surface area contributed by atoms with Crippen LogP contribution in [0, 0.1) is 0 Å². The van der Waals surface area contributed by atoms with Gasteiger partial charge in [0.1, 0.15) is 11.9 Å². The molecule has 37 heavy (non-hydrogen) atoms. The van der Waals surface area contributed by atoms with Crippen molar-refractivity contribution in [1.29, 1.82) is 0 Å². The van der Waals surface area contributed by atoms with Crippen LogP contribution in [0.2, 0.25) is 0 Å². The number of nitrogens with one attached hydrogen (secondary N) is 2. The summed E-state index contributed by atoms with van der Waals surface area (Å²) >= 11 is 0. The minimum absolute atomic E-state index is 0.0316. The molecule has 3 rings (SSSR count). The summed E-state index contributed by atoms with van der Waals surface area (Å²) < 4.78 is 25.7. The zero-order valence-electron chi connectivity index (χ0n) is 20.9. The number of halogens is 2. The van der Waals surface area contributed by atoms with E-state index >= 15 is 0 Å². The summed E-state index contributed by atoms with van der Waals surface area (Å²) in [5.41, 5.74) is 2.56. The van der Waals surface area contributed by atoms with E-state index in [4.69, 9.17) is 0 Å². The first-order valence-electron chi connectivity index (χ1n) is 12.8. The Hall–Kier alpha value is -3.11. The molecule has 1 aliphatic heterocycles. The number of aliphatic carboxylic acids is 1. The van der Waals surface area contributed by atoms with Crippen LogP contribution in [-0.2, 0) is 22.4 Å². The lowest BCUT2D eigenvalue weighted by Crippen LogP contribution is -2.45. The Morgan fingerprint density at radius 2 is 1.81 bits per heavy atom. The highest BCUT2D eigenvalue weighted by atomic mass is 19.3. The molecule has 8 nitrogen and oxygen atoms in total. The van der Waals surface area contributed by atoms with E-state index in [9.17, 15) is 28.6 Å². The van der Waals surface area contributed by atoms with Crippen LogP contribution in [0.3, 0.4) is 0 Å².